The maximum Gasteiger partial charge on any atom is 0.229 e. The number of ether oxygens (including phenoxy) is 1. The van der Waals surface area contributed by atoms with E-state index in [2.05, 4.69) is 21.2 Å². The second-order valence-corrected chi connectivity index (χ2v) is 6.28. The molecular formula is C15H18BrFN2O3. The van der Waals surface area contributed by atoms with E-state index in [0.717, 1.165) is 0 Å². The van der Waals surface area contributed by atoms with E-state index in [1.54, 1.807) is 18.1 Å². The van der Waals surface area contributed by atoms with Crippen LogP contribution in [0.2, 0.25) is 0 Å². The van der Waals surface area contributed by atoms with Gasteiger partial charge < -0.3 is 15.0 Å². The minimum atomic E-state index is -0.517. The average molecular weight is 373 g/mol. The predicted octanol–water partition coefficient (Wildman–Crippen LogP) is 2.41. The maximum absolute atomic E-state index is 13.7. The number of nitrogens with zero attached hydrogens (tertiary/aromatic N) is 1. The Morgan fingerprint density at radius 1 is 1.59 bits per heavy atom. The molecule has 0 spiro atoms. The smallest absolute Gasteiger partial charge is 0.229 e. The number of halogens is 2. The van der Waals surface area contributed by atoms with E-state index in [1.807, 2.05) is 6.92 Å². The van der Waals surface area contributed by atoms with Crippen molar-refractivity contribution in [3.8, 4) is 0 Å². The van der Waals surface area contributed by atoms with Gasteiger partial charge in [0.25, 0.3) is 0 Å². The molecule has 7 heteroatoms. The summed E-state index contributed by atoms with van der Waals surface area (Å²) in [7, 11) is 1.57. The van der Waals surface area contributed by atoms with Gasteiger partial charge in [-0.2, -0.15) is 0 Å². The van der Waals surface area contributed by atoms with Gasteiger partial charge in [0.1, 0.15) is 5.82 Å². The zero-order valence-electron chi connectivity index (χ0n) is 12.4. The van der Waals surface area contributed by atoms with Crippen molar-refractivity contribution in [2.45, 2.75) is 19.4 Å². The van der Waals surface area contributed by atoms with Gasteiger partial charge in [-0.3, -0.25) is 9.59 Å². The maximum atomic E-state index is 13.7. The minimum absolute atomic E-state index is 0.0824. The molecular weight excluding hydrogens is 355 g/mol. The summed E-state index contributed by atoms with van der Waals surface area (Å²) in [4.78, 5) is 25.8. The molecule has 2 rings (SSSR count). The van der Waals surface area contributed by atoms with Crippen LogP contribution in [0.25, 0.3) is 0 Å². The van der Waals surface area contributed by atoms with Crippen LogP contribution in [-0.4, -0.2) is 43.0 Å². The van der Waals surface area contributed by atoms with Crippen LogP contribution in [0.3, 0.4) is 0 Å². The summed E-state index contributed by atoms with van der Waals surface area (Å²) in [5.41, 5.74) is 0.115. The monoisotopic (exact) mass is 372 g/mol. The SMILES string of the molecule is COC[C@H](C)N1C[C@H](C(=O)Nc2ccc(Br)cc2F)CC1=O. The molecule has 1 saturated heterocycles. The van der Waals surface area contributed by atoms with Crippen LogP contribution in [0.5, 0.6) is 0 Å². The summed E-state index contributed by atoms with van der Waals surface area (Å²) in [5.74, 6) is -1.42. The number of anilines is 1. The summed E-state index contributed by atoms with van der Waals surface area (Å²) >= 11 is 3.16. The van der Waals surface area contributed by atoms with Crippen molar-refractivity contribution >= 4 is 33.4 Å². The molecule has 0 unspecified atom stereocenters. The van der Waals surface area contributed by atoms with E-state index in [-0.39, 0.29) is 30.0 Å². The topological polar surface area (TPSA) is 58.6 Å². The van der Waals surface area contributed by atoms with Crippen molar-refractivity contribution in [1.29, 1.82) is 0 Å². The van der Waals surface area contributed by atoms with Gasteiger partial charge in [0.05, 0.1) is 24.3 Å². The van der Waals surface area contributed by atoms with Crippen LogP contribution in [0.1, 0.15) is 13.3 Å². The third kappa shape index (κ3) is 3.84. The summed E-state index contributed by atoms with van der Waals surface area (Å²) in [6.07, 6.45) is 0.137. The zero-order chi connectivity index (χ0) is 16.3. The van der Waals surface area contributed by atoms with E-state index < -0.39 is 11.7 Å². The first-order valence-electron chi connectivity index (χ1n) is 6.96. The molecule has 1 N–H and O–H groups in total. The van der Waals surface area contributed by atoms with Crippen LogP contribution < -0.4 is 5.32 Å². The minimum Gasteiger partial charge on any atom is -0.383 e. The largest absolute Gasteiger partial charge is 0.383 e. The molecule has 0 bridgehead atoms. The van der Waals surface area contributed by atoms with Crippen LogP contribution in [-0.2, 0) is 14.3 Å². The van der Waals surface area contributed by atoms with E-state index in [1.165, 1.54) is 12.1 Å². The van der Waals surface area contributed by atoms with Gasteiger partial charge in [-0.1, -0.05) is 15.9 Å². The molecule has 5 nitrogen and oxygen atoms in total. The number of hydrogen-bond donors (Lipinski definition) is 1. The number of amides is 2. The fraction of sp³-hybridized carbons (Fsp3) is 0.467. The lowest BCUT2D eigenvalue weighted by Crippen LogP contribution is -2.38. The quantitative estimate of drug-likeness (QED) is 0.863. The average Bonchev–Trinajstić information content (AvgIpc) is 2.84. The van der Waals surface area contributed by atoms with Gasteiger partial charge in [-0.15, -0.1) is 0 Å². The van der Waals surface area contributed by atoms with E-state index in [4.69, 9.17) is 4.74 Å². The van der Waals surface area contributed by atoms with Gasteiger partial charge in [-0.25, -0.2) is 4.39 Å². The van der Waals surface area contributed by atoms with Crippen LogP contribution in [0.15, 0.2) is 22.7 Å². The number of methoxy groups -OCH3 is 1. The Morgan fingerprint density at radius 2 is 2.32 bits per heavy atom. The van der Waals surface area contributed by atoms with Gasteiger partial charge >= 0.3 is 0 Å². The number of carbonyl (C=O) groups excluding carboxylic acids is 2. The molecule has 0 radical (unpaired) electrons. The fourth-order valence-corrected chi connectivity index (χ4v) is 2.82. The van der Waals surface area contributed by atoms with E-state index in [0.29, 0.717) is 17.6 Å². The Kier molecular flexibility index (Phi) is 5.52. The molecule has 2 amide bonds. The first-order valence-corrected chi connectivity index (χ1v) is 7.76. The van der Waals surface area contributed by atoms with Crippen molar-refractivity contribution < 1.29 is 18.7 Å². The van der Waals surface area contributed by atoms with Gasteiger partial charge in [0.2, 0.25) is 11.8 Å². The molecule has 0 saturated carbocycles. The standard InChI is InChI=1S/C15H18BrFN2O3/c1-9(8-22-2)19-7-10(5-14(19)20)15(21)18-13-4-3-11(16)6-12(13)17/h3-4,6,9-10H,5,7-8H2,1-2H3,(H,18,21)/t9-,10+/m0/s1. The Bertz CT molecular complexity index is 582. The van der Waals surface area contributed by atoms with Crippen molar-refractivity contribution in [1.82, 2.24) is 4.90 Å². The molecule has 0 aromatic heterocycles. The summed E-state index contributed by atoms with van der Waals surface area (Å²) in [5, 5.41) is 2.55. The van der Waals surface area contributed by atoms with Gasteiger partial charge in [-0.05, 0) is 25.1 Å². The molecule has 1 aliphatic rings. The zero-order valence-corrected chi connectivity index (χ0v) is 14.0. The molecule has 2 atom stereocenters. The Labute approximate surface area is 136 Å². The Morgan fingerprint density at radius 3 is 2.95 bits per heavy atom. The molecule has 0 aliphatic carbocycles. The van der Waals surface area contributed by atoms with Crippen molar-refractivity contribution in [3.63, 3.8) is 0 Å². The molecule has 1 heterocycles. The number of rotatable bonds is 5. The third-order valence-corrected chi connectivity index (χ3v) is 4.15. The highest BCUT2D eigenvalue weighted by molar-refractivity contribution is 9.10. The van der Waals surface area contributed by atoms with Crippen LogP contribution in [0, 0.1) is 11.7 Å². The third-order valence-electron chi connectivity index (χ3n) is 3.66. The highest BCUT2D eigenvalue weighted by Gasteiger charge is 2.36. The first-order chi connectivity index (χ1) is 10.4. The van der Waals surface area contributed by atoms with E-state index in [9.17, 15) is 14.0 Å². The van der Waals surface area contributed by atoms with Crippen LogP contribution in [0.4, 0.5) is 10.1 Å². The number of benzene rings is 1. The van der Waals surface area contributed by atoms with Gasteiger partial charge in [0, 0.05) is 24.5 Å². The lowest BCUT2D eigenvalue weighted by molar-refractivity contribution is -0.130. The molecule has 1 aliphatic heterocycles. The molecule has 1 fully saturated rings. The van der Waals surface area contributed by atoms with Gasteiger partial charge in [0.15, 0.2) is 0 Å². The molecule has 1 aromatic carbocycles. The second kappa shape index (κ2) is 7.19. The predicted molar refractivity (Wildman–Crippen MR) is 83.9 cm³/mol. The molecule has 1 aromatic rings. The van der Waals surface area contributed by atoms with E-state index >= 15 is 0 Å². The fourth-order valence-electron chi connectivity index (χ4n) is 2.49. The normalized spacial score (nSPS) is 19.4. The van der Waals surface area contributed by atoms with Crippen molar-refractivity contribution in [2.75, 3.05) is 25.6 Å². The van der Waals surface area contributed by atoms with Crippen molar-refractivity contribution in [3.05, 3.63) is 28.5 Å². The second-order valence-electron chi connectivity index (χ2n) is 5.36. The summed E-state index contributed by atoms with van der Waals surface area (Å²) in [6.45, 7) is 2.62. The number of nitrogens with one attached hydrogen (secondary N) is 1. The highest BCUT2D eigenvalue weighted by atomic mass is 79.9. The Hall–Kier alpha value is -1.47. The number of carbonyl (C=O) groups is 2. The Balaban J connectivity index is 2.00. The summed E-state index contributed by atoms with van der Waals surface area (Å²) < 4.78 is 19.4. The molecule has 120 valence electrons. The first kappa shape index (κ1) is 16.9. The number of likely N-dealkylation sites (tertiary alicyclic amines) is 1. The molecule has 22 heavy (non-hydrogen) atoms. The number of hydrogen-bond acceptors (Lipinski definition) is 3. The lowest BCUT2D eigenvalue weighted by atomic mass is 10.1. The lowest BCUT2D eigenvalue weighted by Gasteiger charge is -2.23. The van der Waals surface area contributed by atoms with Crippen LogP contribution >= 0.6 is 15.9 Å². The van der Waals surface area contributed by atoms with Crippen molar-refractivity contribution in [2.24, 2.45) is 5.92 Å². The summed E-state index contributed by atoms with van der Waals surface area (Å²) in [6, 6.07) is 4.33. The highest BCUT2D eigenvalue weighted by Crippen LogP contribution is 2.24.